The normalized spacial score (nSPS) is 20.3. The van der Waals surface area contributed by atoms with E-state index in [4.69, 9.17) is 4.74 Å². The van der Waals surface area contributed by atoms with Crippen molar-refractivity contribution in [2.45, 2.75) is 71.0 Å². The topological polar surface area (TPSA) is 74.8 Å². The maximum atomic E-state index is 13.4. The van der Waals surface area contributed by atoms with Gasteiger partial charge < -0.3 is 15.0 Å². The molecule has 0 radical (unpaired) electrons. The van der Waals surface area contributed by atoms with Gasteiger partial charge in [-0.3, -0.25) is 14.5 Å². The highest BCUT2D eigenvalue weighted by Crippen LogP contribution is 2.34. The van der Waals surface area contributed by atoms with E-state index >= 15 is 0 Å². The Hall–Kier alpha value is -2.93. The van der Waals surface area contributed by atoms with Gasteiger partial charge in [-0.1, -0.05) is 51.5 Å². The van der Waals surface area contributed by atoms with Crippen LogP contribution in [0.25, 0.3) is 0 Å². The molecule has 0 bridgehead atoms. The second-order valence-electron chi connectivity index (χ2n) is 10.2. The molecule has 3 heterocycles. The maximum absolute atomic E-state index is 13.4. The second-order valence-corrected chi connectivity index (χ2v) is 10.2. The van der Waals surface area contributed by atoms with Crippen LogP contribution in [0.2, 0.25) is 0 Å². The molecule has 1 aromatic carbocycles. The molecule has 0 saturated carbocycles. The van der Waals surface area contributed by atoms with Crippen molar-refractivity contribution in [3.05, 3.63) is 54.2 Å². The molecular formula is C28H38N4O3. The molecule has 2 aromatic rings. The minimum Gasteiger partial charge on any atom is -0.439 e. The lowest BCUT2D eigenvalue weighted by Gasteiger charge is -2.52. The standard InChI is InChI=1S/C28H38N4O3/c1-4-5-15-32-26(33)24(18-21(2)3)30-27(34)28(32)13-16-31(17-14-28)20-22-11-12-25(29-19-22)35-23-9-7-6-8-10-23/h6-12,19,21,24H,4-5,13-18,20H2,1-3H3,(H,30,34). The van der Waals surface area contributed by atoms with E-state index in [-0.39, 0.29) is 11.8 Å². The molecule has 35 heavy (non-hydrogen) atoms. The summed E-state index contributed by atoms with van der Waals surface area (Å²) in [5, 5.41) is 3.08. The maximum Gasteiger partial charge on any atom is 0.246 e. The van der Waals surface area contributed by atoms with Crippen molar-refractivity contribution in [2.75, 3.05) is 19.6 Å². The van der Waals surface area contributed by atoms with Crippen LogP contribution in [-0.2, 0) is 16.1 Å². The van der Waals surface area contributed by atoms with Crippen LogP contribution in [0.4, 0.5) is 0 Å². The fraction of sp³-hybridized carbons (Fsp3) is 0.536. The summed E-state index contributed by atoms with van der Waals surface area (Å²) in [6.45, 7) is 9.25. The number of nitrogens with one attached hydrogen (secondary N) is 1. The first-order valence-corrected chi connectivity index (χ1v) is 12.9. The first-order valence-electron chi connectivity index (χ1n) is 12.9. The van der Waals surface area contributed by atoms with E-state index in [9.17, 15) is 9.59 Å². The van der Waals surface area contributed by atoms with Gasteiger partial charge in [0.15, 0.2) is 0 Å². The highest BCUT2D eigenvalue weighted by molar-refractivity contribution is 6.00. The zero-order valence-corrected chi connectivity index (χ0v) is 21.2. The number of ether oxygens (including phenoxy) is 1. The van der Waals surface area contributed by atoms with Crippen molar-refractivity contribution in [3.8, 4) is 11.6 Å². The van der Waals surface area contributed by atoms with Gasteiger partial charge in [-0.2, -0.15) is 0 Å². The number of para-hydroxylation sites is 1. The average molecular weight is 479 g/mol. The Morgan fingerprint density at radius 2 is 1.86 bits per heavy atom. The van der Waals surface area contributed by atoms with E-state index in [2.05, 4.69) is 36.0 Å². The molecule has 2 aliphatic heterocycles. The SMILES string of the molecule is CCCCN1C(=O)C(CC(C)C)NC(=O)C12CCN(Cc1ccc(Oc3ccccc3)nc1)CC2. The number of benzene rings is 1. The number of nitrogens with zero attached hydrogens (tertiary/aromatic N) is 3. The summed E-state index contributed by atoms with van der Waals surface area (Å²) < 4.78 is 5.79. The van der Waals surface area contributed by atoms with Crippen LogP contribution in [0.5, 0.6) is 11.6 Å². The third kappa shape index (κ3) is 5.84. The van der Waals surface area contributed by atoms with Crippen LogP contribution in [0, 0.1) is 5.92 Å². The zero-order valence-electron chi connectivity index (χ0n) is 21.2. The summed E-state index contributed by atoms with van der Waals surface area (Å²) in [6.07, 6.45) is 5.77. The third-order valence-electron chi connectivity index (χ3n) is 7.10. The summed E-state index contributed by atoms with van der Waals surface area (Å²) in [5.74, 6) is 1.81. The van der Waals surface area contributed by atoms with Crippen LogP contribution in [0.3, 0.4) is 0 Å². The summed E-state index contributed by atoms with van der Waals surface area (Å²) in [6, 6.07) is 13.2. The Bertz CT molecular complexity index is 985. The molecule has 2 saturated heterocycles. The van der Waals surface area contributed by atoms with E-state index in [1.165, 1.54) is 0 Å². The number of amides is 2. The average Bonchev–Trinajstić information content (AvgIpc) is 2.85. The van der Waals surface area contributed by atoms with Gasteiger partial charge in [-0.15, -0.1) is 0 Å². The van der Waals surface area contributed by atoms with Gasteiger partial charge in [0.25, 0.3) is 0 Å². The van der Waals surface area contributed by atoms with Gasteiger partial charge >= 0.3 is 0 Å². The third-order valence-corrected chi connectivity index (χ3v) is 7.10. The van der Waals surface area contributed by atoms with Gasteiger partial charge in [-0.25, -0.2) is 4.98 Å². The Balaban J connectivity index is 1.38. The van der Waals surface area contributed by atoms with Crippen LogP contribution in [0.15, 0.2) is 48.7 Å². The Labute approximate surface area is 208 Å². The zero-order chi connectivity index (χ0) is 24.8. The smallest absolute Gasteiger partial charge is 0.246 e. The summed E-state index contributed by atoms with van der Waals surface area (Å²) in [7, 11) is 0. The molecule has 2 fully saturated rings. The molecule has 1 atom stereocenters. The van der Waals surface area contributed by atoms with Gasteiger partial charge in [0, 0.05) is 38.4 Å². The molecule has 2 aliphatic rings. The van der Waals surface area contributed by atoms with Crippen molar-refractivity contribution < 1.29 is 14.3 Å². The lowest BCUT2D eigenvalue weighted by molar-refractivity contribution is -0.161. The number of likely N-dealkylation sites (tertiary alicyclic amines) is 1. The molecule has 2 amide bonds. The largest absolute Gasteiger partial charge is 0.439 e. The Morgan fingerprint density at radius 3 is 2.49 bits per heavy atom. The van der Waals surface area contributed by atoms with Crippen LogP contribution < -0.4 is 10.1 Å². The molecule has 7 heteroatoms. The quantitative estimate of drug-likeness (QED) is 0.579. The predicted molar refractivity (Wildman–Crippen MR) is 136 cm³/mol. The van der Waals surface area contributed by atoms with Crippen LogP contribution >= 0.6 is 0 Å². The number of hydrogen-bond donors (Lipinski definition) is 1. The molecule has 7 nitrogen and oxygen atoms in total. The molecule has 4 rings (SSSR count). The molecule has 1 unspecified atom stereocenters. The van der Waals surface area contributed by atoms with E-state index < -0.39 is 11.6 Å². The number of rotatable bonds is 9. The minimum absolute atomic E-state index is 0.0302. The minimum atomic E-state index is -0.720. The number of carbonyl (C=O) groups is 2. The predicted octanol–water partition coefficient (Wildman–Crippen LogP) is 4.38. The van der Waals surface area contributed by atoms with Crippen molar-refractivity contribution in [3.63, 3.8) is 0 Å². The van der Waals surface area contributed by atoms with E-state index in [0.29, 0.717) is 37.6 Å². The molecule has 1 aromatic heterocycles. The van der Waals surface area contributed by atoms with Crippen LogP contribution in [0.1, 0.15) is 58.4 Å². The first kappa shape index (κ1) is 25.2. The van der Waals surface area contributed by atoms with Crippen molar-refractivity contribution in [1.29, 1.82) is 0 Å². The molecule has 0 aliphatic carbocycles. The summed E-state index contributed by atoms with van der Waals surface area (Å²) in [5.41, 5.74) is 0.382. The van der Waals surface area contributed by atoms with Crippen molar-refractivity contribution in [2.24, 2.45) is 5.92 Å². The highest BCUT2D eigenvalue weighted by atomic mass is 16.5. The van der Waals surface area contributed by atoms with Crippen molar-refractivity contribution in [1.82, 2.24) is 20.1 Å². The highest BCUT2D eigenvalue weighted by Gasteiger charge is 2.53. The monoisotopic (exact) mass is 478 g/mol. The lowest BCUT2D eigenvalue weighted by Crippen LogP contribution is -2.73. The number of pyridine rings is 1. The van der Waals surface area contributed by atoms with Crippen LogP contribution in [-0.4, -0.2) is 57.8 Å². The van der Waals surface area contributed by atoms with Gasteiger partial charge in [0.05, 0.1) is 0 Å². The number of piperazine rings is 1. The summed E-state index contributed by atoms with van der Waals surface area (Å²) >= 11 is 0. The Kier molecular flexibility index (Phi) is 8.06. The lowest BCUT2D eigenvalue weighted by atomic mass is 9.80. The van der Waals surface area contributed by atoms with E-state index in [1.807, 2.05) is 53.6 Å². The number of unbranched alkanes of at least 4 members (excludes halogenated alkanes) is 1. The second kappa shape index (κ2) is 11.2. The Morgan fingerprint density at radius 1 is 1.11 bits per heavy atom. The number of aromatic nitrogens is 1. The number of hydrogen-bond acceptors (Lipinski definition) is 5. The fourth-order valence-corrected chi connectivity index (χ4v) is 5.16. The van der Waals surface area contributed by atoms with E-state index in [1.54, 1.807) is 0 Å². The molecule has 1 N–H and O–H groups in total. The first-order chi connectivity index (χ1) is 16.9. The van der Waals surface area contributed by atoms with Gasteiger partial charge in [0.2, 0.25) is 17.7 Å². The summed E-state index contributed by atoms with van der Waals surface area (Å²) in [4.78, 5) is 35.5. The number of carbonyl (C=O) groups excluding carboxylic acids is 2. The van der Waals surface area contributed by atoms with Gasteiger partial charge in [-0.05, 0) is 49.3 Å². The van der Waals surface area contributed by atoms with Crippen molar-refractivity contribution >= 4 is 11.8 Å². The van der Waals surface area contributed by atoms with Gasteiger partial charge in [0.1, 0.15) is 17.3 Å². The van der Waals surface area contributed by atoms with E-state index in [0.717, 1.165) is 43.8 Å². The fourth-order valence-electron chi connectivity index (χ4n) is 5.16. The molecule has 188 valence electrons. The molecule has 1 spiro atoms. The molecular weight excluding hydrogens is 440 g/mol. The number of piperidine rings is 1.